The van der Waals surface area contributed by atoms with Gasteiger partial charge in [0.2, 0.25) is 11.8 Å². The molecule has 3 rings (SSSR count). The van der Waals surface area contributed by atoms with Crippen molar-refractivity contribution in [2.45, 2.75) is 31.3 Å². The van der Waals surface area contributed by atoms with Gasteiger partial charge in [-0.1, -0.05) is 30.3 Å². The molecule has 2 fully saturated rings. The van der Waals surface area contributed by atoms with Gasteiger partial charge in [0, 0.05) is 12.5 Å². The highest BCUT2D eigenvalue weighted by Gasteiger charge is 2.41. The van der Waals surface area contributed by atoms with E-state index >= 15 is 0 Å². The van der Waals surface area contributed by atoms with Gasteiger partial charge < -0.3 is 15.3 Å². The minimum absolute atomic E-state index is 0.0336. The molecular formula is C16H18N2O4. The van der Waals surface area contributed by atoms with Crippen LogP contribution in [0.4, 0.5) is 0 Å². The van der Waals surface area contributed by atoms with Gasteiger partial charge in [-0.05, 0) is 24.8 Å². The van der Waals surface area contributed by atoms with E-state index in [-0.39, 0.29) is 17.7 Å². The number of hydrogen-bond acceptors (Lipinski definition) is 3. The van der Waals surface area contributed by atoms with E-state index in [2.05, 4.69) is 5.32 Å². The van der Waals surface area contributed by atoms with Crippen LogP contribution in [0.15, 0.2) is 30.3 Å². The minimum Gasteiger partial charge on any atom is -0.479 e. The van der Waals surface area contributed by atoms with E-state index < -0.39 is 18.1 Å². The second kappa shape index (κ2) is 5.79. The summed E-state index contributed by atoms with van der Waals surface area (Å²) in [7, 11) is 0. The number of carbonyl (C=O) groups excluding carboxylic acids is 2. The molecule has 0 unspecified atom stereocenters. The molecule has 0 aromatic heterocycles. The van der Waals surface area contributed by atoms with E-state index in [0.717, 1.165) is 12.8 Å². The van der Waals surface area contributed by atoms with E-state index in [4.69, 9.17) is 0 Å². The molecular weight excluding hydrogens is 284 g/mol. The highest BCUT2D eigenvalue weighted by atomic mass is 16.4. The fourth-order valence-corrected chi connectivity index (χ4v) is 2.82. The number of carboxylic acid groups (broad SMARTS) is 1. The smallest absolute Gasteiger partial charge is 0.331 e. The zero-order chi connectivity index (χ0) is 15.7. The number of hydrogen-bond donors (Lipinski definition) is 2. The molecule has 1 aliphatic carbocycles. The number of carboxylic acids is 1. The molecule has 0 spiro atoms. The predicted octanol–water partition coefficient (Wildman–Crippen LogP) is 0.939. The Morgan fingerprint density at radius 2 is 1.86 bits per heavy atom. The van der Waals surface area contributed by atoms with Crippen molar-refractivity contribution in [3.05, 3.63) is 35.9 Å². The number of nitrogens with one attached hydrogen (secondary N) is 1. The highest BCUT2D eigenvalue weighted by Crippen LogP contribution is 2.30. The fraction of sp³-hybridized carbons (Fsp3) is 0.438. The summed E-state index contributed by atoms with van der Waals surface area (Å²) in [6.07, 6.45) is 2.20. The van der Waals surface area contributed by atoms with Gasteiger partial charge in [-0.3, -0.25) is 9.59 Å². The van der Waals surface area contributed by atoms with Crippen LogP contribution in [0.25, 0.3) is 0 Å². The molecule has 1 aromatic rings. The number of aliphatic carboxylic acids is 1. The van der Waals surface area contributed by atoms with Crippen LogP contribution in [-0.2, 0) is 14.4 Å². The van der Waals surface area contributed by atoms with Gasteiger partial charge in [-0.25, -0.2) is 4.79 Å². The maximum atomic E-state index is 12.5. The zero-order valence-corrected chi connectivity index (χ0v) is 12.1. The van der Waals surface area contributed by atoms with Crippen LogP contribution in [0.3, 0.4) is 0 Å². The van der Waals surface area contributed by atoms with Crippen LogP contribution in [0.5, 0.6) is 0 Å². The molecule has 0 bridgehead atoms. The summed E-state index contributed by atoms with van der Waals surface area (Å²) in [4.78, 5) is 37.2. The van der Waals surface area contributed by atoms with Crippen LogP contribution < -0.4 is 5.32 Å². The van der Waals surface area contributed by atoms with Crippen LogP contribution in [0.2, 0.25) is 0 Å². The van der Waals surface area contributed by atoms with Gasteiger partial charge in [-0.2, -0.15) is 0 Å². The van der Waals surface area contributed by atoms with Gasteiger partial charge in [0.25, 0.3) is 0 Å². The maximum Gasteiger partial charge on any atom is 0.331 e. The summed E-state index contributed by atoms with van der Waals surface area (Å²) >= 11 is 0. The Labute approximate surface area is 128 Å². The summed E-state index contributed by atoms with van der Waals surface area (Å²) in [5.74, 6) is -1.43. The first-order valence-corrected chi connectivity index (χ1v) is 7.46. The molecule has 1 aliphatic heterocycles. The molecule has 1 saturated heterocycles. The first kappa shape index (κ1) is 14.6. The average molecular weight is 302 g/mol. The summed E-state index contributed by atoms with van der Waals surface area (Å²) in [5.41, 5.74) is 0.567. The topological polar surface area (TPSA) is 86.7 Å². The summed E-state index contributed by atoms with van der Waals surface area (Å²) in [5, 5.41) is 12.2. The van der Waals surface area contributed by atoms with E-state index in [1.807, 2.05) is 0 Å². The Balaban J connectivity index is 1.74. The average Bonchev–Trinajstić information content (AvgIpc) is 3.29. The molecule has 6 nitrogen and oxygen atoms in total. The maximum absolute atomic E-state index is 12.5. The molecule has 1 aromatic carbocycles. The van der Waals surface area contributed by atoms with Crippen LogP contribution in [0, 0.1) is 5.92 Å². The van der Waals surface area contributed by atoms with Crippen molar-refractivity contribution in [3.8, 4) is 0 Å². The second-order valence-electron chi connectivity index (χ2n) is 5.81. The van der Waals surface area contributed by atoms with Crippen molar-refractivity contribution in [1.82, 2.24) is 10.2 Å². The monoisotopic (exact) mass is 302 g/mol. The van der Waals surface area contributed by atoms with E-state index in [0.29, 0.717) is 18.5 Å². The fourth-order valence-electron chi connectivity index (χ4n) is 2.82. The number of carbonyl (C=O) groups is 3. The third kappa shape index (κ3) is 2.81. The number of rotatable bonds is 5. The van der Waals surface area contributed by atoms with Crippen molar-refractivity contribution in [3.63, 3.8) is 0 Å². The first-order chi connectivity index (χ1) is 10.6. The lowest BCUT2D eigenvalue weighted by atomic mass is 10.1. The standard InChI is InChI=1S/C16H18N2O4/c19-14(11-6-7-11)17-12-8-9-18(15(12)20)13(16(21)22)10-4-2-1-3-5-10/h1-5,11-13H,6-9H2,(H,17,19)(H,21,22)/t12-,13+/m1/s1. The third-order valence-corrected chi connectivity index (χ3v) is 4.17. The molecule has 116 valence electrons. The lowest BCUT2D eigenvalue weighted by Gasteiger charge is -2.25. The Hall–Kier alpha value is -2.37. The normalized spacial score (nSPS) is 22.5. The molecule has 22 heavy (non-hydrogen) atoms. The summed E-state index contributed by atoms with van der Waals surface area (Å²) in [6.45, 7) is 0.334. The molecule has 0 radical (unpaired) electrons. The number of benzene rings is 1. The first-order valence-electron chi connectivity index (χ1n) is 7.46. The quantitative estimate of drug-likeness (QED) is 0.847. The van der Waals surface area contributed by atoms with Crippen molar-refractivity contribution >= 4 is 17.8 Å². The highest BCUT2D eigenvalue weighted by molar-refractivity contribution is 5.93. The predicted molar refractivity (Wildman–Crippen MR) is 77.8 cm³/mol. The van der Waals surface area contributed by atoms with Gasteiger partial charge in [0.05, 0.1) is 0 Å². The van der Waals surface area contributed by atoms with E-state index in [1.165, 1.54) is 4.90 Å². The lowest BCUT2D eigenvalue weighted by Crippen LogP contribution is -2.44. The van der Waals surface area contributed by atoms with E-state index in [9.17, 15) is 19.5 Å². The summed E-state index contributed by atoms with van der Waals surface area (Å²) < 4.78 is 0. The molecule has 6 heteroatoms. The van der Waals surface area contributed by atoms with Crippen molar-refractivity contribution in [1.29, 1.82) is 0 Å². The van der Waals surface area contributed by atoms with Gasteiger partial charge in [0.1, 0.15) is 6.04 Å². The van der Waals surface area contributed by atoms with Gasteiger partial charge >= 0.3 is 5.97 Å². The summed E-state index contributed by atoms with van der Waals surface area (Å²) in [6, 6.07) is 7.09. The molecule has 1 saturated carbocycles. The van der Waals surface area contributed by atoms with Crippen LogP contribution >= 0.6 is 0 Å². The number of amides is 2. The van der Waals surface area contributed by atoms with Crippen molar-refractivity contribution in [2.24, 2.45) is 5.92 Å². The SMILES string of the molecule is O=C(N[C@@H]1CCN([C@H](C(=O)O)c2ccccc2)C1=O)C1CC1. The Bertz CT molecular complexity index is 597. The Kier molecular flexibility index (Phi) is 3.83. The Morgan fingerprint density at radius 1 is 1.18 bits per heavy atom. The van der Waals surface area contributed by atoms with E-state index in [1.54, 1.807) is 30.3 Å². The van der Waals surface area contributed by atoms with Gasteiger partial charge in [-0.15, -0.1) is 0 Å². The lowest BCUT2D eigenvalue weighted by molar-refractivity contribution is -0.149. The molecule has 2 atom stereocenters. The minimum atomic E-state index is -1.06. The van der Waals surface area contributed by atoms with Crippen LogP contribution in [-0.4, -0.2) is 40.4 Å². The molecule has 1 heterocycles. The molecule has 2 N–H and O–H groups in total. The third-order valence-electron chi connectivity index (χ3n) is 4.17. The van der Waals surface area contributed by atoms with Crippen LogP contribution in [0.1, 0.15) is 30.9 Å². The van der Waals surface area contributed by atoms with Crippen molar-refractivity contribution in [2.75, 3.05) is 6.54 Å². The zero-order valence-electron chi connectivity index (χ0n) is 12.1. The molecule has 2 aliphatic rings. The number of likely N-dealkylation sites (tertiary alicyclic amines) is 1. The van der Waals surface area contributed by atoms with Gasteiger partial charge in [0.15, 0.2) is 6.04 Å². The largest absolute Gasteiger partial charge is 0.479 e. The molecule has 2 amide bonds. The second-order valence-corrected chi connectivity index (χ2v) is 5.81. The van der Waals surface area contributed by atoms with Crippen molar-refractivity contribution < 1.29 is 19.5 Å². The number of nitrogens with zero attached hydrogens (tertiary/aromatic N) is 1. The Morgan fingerprint density at radius 3 is 2.45 bits per heavy atom.